The number of Topliss-reactive ketones (excluding diaryl/α,β-unsaturated/α-hetero) is 1. The van der Waals surface area contributed by atoms with Gasteiger partial charge in [0.25, 0.3) is 0 Å². The molecule has 1 aliphatic rings. The van der Waals surface area contributed by atoms with Gasteiger partial charge in [-0.1, -0.05) is 19.1 Å². The molecule has 2 heteroatoms. The van der Waals surface area contributed by atoms with Gasteiger partial charge in [-0.3, -0.25) is 4.79 Å². The predicted molar refractivity (Wildman–Crippen MR) is 49.4 cm³/mol. The second-order valence-electron chi connectivity index (χ2n) is 3.23. The van der Waals surface area contributed by atoms with E-state index in [0.717, 1.165) is 25.5 Å². The summed E-state index contributed by atoms with van der Waals surface area (Å²) in [6.07, 6.45) is 8.13. The van der Waals surface area contributed by atoms with Gasteiger partial charge >= 0.3 is 0 Å². The number of nitrogens with one attached hydrogen (secondary N) is 1. The lowest BCUT2D eigenvalue weighted by Crippen LogP contribution is -2.24. The molecule has 1 aliphatic carbocycles. The minimum atomic E-state index is -0.00815. The first kappa shape index (κ1) is 9.17. The largest absolute Gasteiger partial charge is 0.305 e. The molecule has 2 unspecified atom stereocenters. The van der Waals surface area contributed by atoms with Crippen molar-refractivity contribution in [2.75, 3.05) is 0 Å². The van der Waals surface area contributed by atoms with Crippen LogP contribution in [0.3, 0.4) is 0 Å². The molecular formula is C10H15NO. The molecule has 2 atom stereocenters. The Kier molecular flexibility index (Phi) is 3.20. The zero-order valence-electron chi connectivity index (χ0n) is 7.42. The summed E-state index contributed by atoms with van der Waals surface area (Å²) < 4.78 is 0. The molecule has 66 valence electrons. The minimum absolute atomic E-state index is 0.00815. The molecule has 0 bridgehead atoms. The van der Waals surface area contributed by atoms with E-state index in [1.165, 1.54) is 0 Å². The topological polar surface area (TPSA) is 40.9 Å². The van der Waals surface area contributed by atoms with Crippen LogP contribution in [0.1, 0.15) is 26.2 Å². The lowest BCUT2D eigenvalue weighted by atomic mass is 9.80. The van der Waals surface area contributed by atoms with E-state index >= 15 is 0 Å². The van der Waals surface area contributed by atoms with E-state index in [9.17, 15) is 4.79 Å². The van der Waals surface area contributed by atoms with Crippen molar-refractivity contribution >= 4 is 12.0 Å². The van der Waals surface area contributed by atoms with E-state index in [2.05, 4.69) is 19.1 Å². The van der Waals surface area contributed by atoms with Crippen molar-refractivity contribution in [2.24, 2.45) is 11.8 Å². The highest BCUT2D eigenvalue weighted by molar-refractivity contribution is 6.27. The zero-order valence-corrected chi connectivity index (χ0v) is 7.42. The van der Waals surface area contributed by atoms with Gasteiger partial charge in [-0.15, -0.1) is 0 Å². The van der Waals surface area contributed by atoms with Crippen LogP contribution in [-0.4, -0.2) is 12.0 Å². The lowest BCUT2D eigenvalue weighted by Gasteiger charge is -2.23. The summed E-state index contributed by atoms with van der Waals surface area (Å²) in [4.78, 5) is 11.3. The van der Waals surface area contributed by atoms with Crippen LogP contribution in [0.5, 0.6) is 0 Å². The van der Waals surface area contributed by atoms with E-state index in [0.29, 0.717) is 5.92 Å². The summed E-state index contributed by atoms with van der Waals surface area (Å²) in [6.45, 7) is 2.09. The third kappa shape index (κ3) is 1.81. The Balaban J connectivity index is 2.68. The Bertz CT molecular complexity index is 208. The summed E-state index contributed by atoms with van der Waals surface area (Å²) in [5.41, 5.74) is 0. The number of carbonyl (C=O) groups is 1. The first-order valence-electron chi connectivity index (χ1n) is 4.50. The van der Waals surface area contributed by atoms with Gasteiger partial charge in [0.1, 0.15) is 0 Å². The van der Waals surface area contributed by atoms with Gasteiger partial charge < -0.3 is 5.41 Å². The van der Waals surface area contributed by atoms with E-state index in [1.54, 1.807) is 0 Å². The van der Waals surface area contributed by atoms with Crippen LogP contribution in [-0.2, 0) is 4.79 Å². The molecule has 0 radical (unpaired) electrons. The van der Waals surface area contributed by atoms with Gasteiger partial charge in [0.05, 0.1) is 6.21 Å². The van der Waals surface area contributed by atoms with Gasteiger partial charge in [0.15, 0.2) is 5.78 Å². The summed E-state index contributed by atoms with van der Waals surface area (Å²) in [7, 11) is 0. The molecule has 0 saturated heterocycles. The summed E-state index contributed by atoms with van der Waals surface area (Å²) in [5, 5.41) is 6.91. The SMILES string of the molecule is CCC1C=CCCC1C(=O)C=N. The maximum Gasteiger partial charge on any atom is 0.176 e. The molecule has 1 rings (SSSR count). The molecule has 0 aromatic heterocycles. The summed E-state index contributed by atoms with van der Waals surface area (Å²) in [5.74, 6) is 0.441. The fourth-order valence-corrected chi connectivity index (χ4v) is 1.78. The van der Waals surface area contributed by atoms with Gasteiger partial charge in [0, 0.05) is 5.92 Å². The average molecular weight is 165 g/mol. The van der Waals surface area contributed by atoms with Gasteiger partial charge in [-0.25, -0.2) is 0 Å². The van der Waals surface area contributed by atoms with E-state index in [4.69, 9.17) is 5.41 Å². The summed E-state index contributed by atoms with van der Waals surface area (Å²) >= 11 is 0. The van der Waals surface area contributed by atoms with Crippen molar-refractivity contribution in [2.45, 2.75) is 26.2 Å². The second-order valence-corrected chi connectivity index (χ2v) is 3.23. The minimum Gasteiger partial charge on any atom is -0.305 e. The second kappa shape index (κ2) is 4.19. The number of ketones is 1. The van der Waals surface area contributed by atoms with E-state index < -0.39 is 0 Å². The maximum atomic E-state index is 11.3. The van der Waals surface area contributed by atoms with Crippen molar-refractivity contribution in [3.63, 3.8) is 0 Å². The lowest BCUT2D eigenvalue weighted by molar-refractivity contribution is -0.117. The van der Waals surface area contributed by atoms with Gasteiger partial charge in [0.2, 0.25) is 0 Å². The molecule has 0 aromatic carbocycles. The highest BCUT2D eigenvalue weighted by Crippen LogP contribution is 2.27. The van der Waals surface area contributed by atoms with Crippen LogP contribution in [0.4, 0.5) is 0 Å². The van der Waals surface area contributed by atoms with Crippen LogP contribution in [0.15, 0.2) is 12.2 Å². The zero-order chi connectivity index (χ0) is 8.97. The maximum absolute atomic E-state index is 11.3. The van der Waals surface area contributed by atoms with E-state index in [-0.39, 0.29) is 11.7 Å². The quantitative estimate of drug-likeness (QED) is 0.505. The Morgan fingerprint density at radius 3 is 3.08 bits per heavy atom. The van der Waals surface area contributed by atoms with Gasteiger partial charge in [-0.05, 0) is 25.2 Å². The van der Waals surface area contributed by atoms with Crippen molar-refractivity contribution in [1.82, 2.24) is 0 Å². The standard InChI is InChI=1S/C10H15NO/c1-2-8-5-3-4-6-9(8)10(12)7-11/h3,5,7-9,11H,2,4,6H2,1H3. The fraction of sp³-hybridized carbons (Fsp3) is 0.600. The first-order chi connectivity index (χ1) is 5.79. The molecule has 0 amide bonds. The summed E-state index contributed by atoms with van der Waals surface area (Å²) in [6, 6.07) is 0. The molecule has 0 fully saturated rings. The Hall–Kier alpha value is -0.920. The van der Waals surface area contributed by atoms with Crippen LogP contribution in [0.2, 0.25) is 0 Å². The van der Waals surface area contributed by atoms with Crippen molar-refractivity contribution in [3.8, 4) is 0 Å². The molecule has 0 aliphatic heterocycles. The number of hydrogen-bond acceptors (Lipinski definition) is 2. The first-order valence-corrected chi connectivity index (χ1v) is 4.50. The average Bonchev–Trinajstić information content (AvgIpc) is 2.16. The van der Waals surface area contributed by atoms with Crippen LogP contribution in [0.25, 0.3) is 0 Å². The molecule has 0 saturated carbocycles. The van der Waals surface area contributed by atoms with Crippen LogP contribution >= 0.6 is 0 Å². The molecular weight excluding hydrogens is 150 g/mol. The molecule has 0 spiro atoms. The number of hydrogen-bond donors (Lipinski definition) is 1. The van der Waals surface area contributed by atoms with Crippen LogP contribution < -0.4 is 0 Å². The third-order valence-electron chi connectivity index (χ3n) is 2.52. The van der Waals surface area contributed by atoms with Crippen LogP contribution in [0, 0.1) is 17.2 Å². The highest BCUT2D eigenvalue weighted by atomic mass is 16.1. The number of rotatable bonds is 3. The Morgan fingerprint density at radius 2 is 2.50 bits per heavy atom. The molecule has 0 heterocycles. The Morgan fingerprint density at radius 1 is 1.75 bits per heavy atom. The molecule has 0 aromatic rings. The fourth-order valence-electron chi connectivity index (χ4n) is 1.78. The molecule has 12 heavy (non-hydrogen) atoms. The molecule has 2 nitrogen and oxygen atoms in total. The van der Waals surface area contributed by atoms with E-state index in [1.807, 2.05) is 0 Å². The normalized spacial score (nSPS) is 28.4. The number of carbonyl (C=O) groups excluding carboxylic acids is 1. The number of allylic oxidation sites excluding steroid dienone is 2. The van der Waals surface area contributed by atoms with Crippen molar-refractivity contribution in [1.29, 1.82) is 5.41 Å². The third-order valence-corrected chi connectivity index (χ3v) is 2.52. The highest BCUT2D eigenvalue weighted by Gasteiger charge is 2.25. The predicted octanol–water partition coefficient (Wildman–Crippen LogP) is 2.20. The smallest absolute Gasteiger partial charge is 0.176 e. The molecule has 1 N–H and O–H groups in total. The van der Waals surface area contributed by atoms with Crippen molar-refractivity contribution < 1.29 is 4.79 Å². The van der Waals surface area contributed by atoms with Gasteiger partial charge in [-0.2, -0.15) is 0 Å². The van der Waals surface area contributed by atoms with Crippen molar-refractivity contribution in [3.05, 3.63) is 12.2 Å². The monoisotopic (exact) mass is 165 g/mol. The Labute approximate surface area is 73.2 Å².